The van der Waals surface area contributed by atoms with Crippen molar-refractivity contribution in [3.8, 4) is 5.75 Å². The van der Waals surface area contributed by atoms with Crippen LogP contribution in [0.5, 0.6) is 5.75 Å². The number of rotatable bonds is 7. The van der Waals surface area contributed by atoms with Crippen molar-refractivity contribution in [2.45, 2.75) is 33.7 Å². The minimum absolute atomic E-state index is 0.126. The minimum Gasteiger partial charge on any atom is -0.465 e. The fraction of sp³-hybridized carbons (Fsp3) is 0.276. The Labute approximate surface area is 228 Å². The Kier molecular flexibility index (Phi) is 8.25. The highest BCUT2D eigenvalue weighted by Gasteiger charge is 2.33. The van der Waals surface area contributed by atoms with Gasteiger partial charge in [-0.25, -0.2) is 14.6 Å². The van der Waals surface area contributed by atoms with E-state index in [0.717, 1.165) is 5.56 Å². The normalized spacial score (nSPS) is 15.0. The van der Waals surface area contributed by atoms with Crippen LogP contribution in [0.4, 0.5) is 0 Å². The SMILES string of the molecule is COC(=O)c1ccc(C2C(C(=O)OCC(C)C)=C(C)N=c3sc(=Cc4ccc(OC(C)=O)cc4)c(=O)n32)cc1. The van der Waals surface area contributed by atoms with Crippen LogP contribution in [0, 0.1) is 5.92 Å². The summed E-state index contributed by atoms with van der Waals surface area (Å²) in [6.07, 6.45) is 1.72. The molecule has 1 aliphatic rings. The number of fused-ring (bicyclic) bond motifs is 1. The van der Waals surface area contributed by atoms with Gasteiger partial charge in [0.05, 0.1) is 41.1 Å². The summed E-state index contributed by atoms with van der Waals surface area (Å²) < 4.78 is 17.3. The first-order valence-electron chi connectivity index (χ1n) is 12.3. The van der Waals surface area contributed by atoms with Gasteiger partial charge >= 0.3 is 17.9 Å². The number of hydrogen-bond acceptors (Lipinski definition) is 9. The average molecular weight is 549 g/mol. The average Bonchev–Trinajstić information content (AvgIpc) is 3.21. The van der Waals surface area contributed by atoms with Crippen LogP contribution < -0.4 is 19.6 Å². The second-order valence-electron chi connectivity index (χ2n) is 9.35. The molecule has 9 nitrogen and oxygen atoms in total. The quantitative estimate of drug-likeness (QED) is 0.329. The van der Waals surface area contributed by atoms with E-state index in [2.05, 4.69) is 4.99 Å². The van der Waals surface area contributed by atoms with E-state index in [1.54, 1.807) is 61.5 Å². The van der Waals surface area contributed by atoms with Crippen molar-refractivity contribution in [2.24, 2.45) is 10.9 Å². The van der Waals surface area contributed by atoms with Gasteiger partial charge < -0.3 is 14.2 Å². The molecular formula is C29H28N2O7S. The van der Waals surface area contributed by atoms with E-state index in [-0.39, 0.29) is 23.7 Å². The molecule has 0 saturated carbocycles. The zero-order valence-electron chi connectivity index (χ0n) is 22.2. The lowest BCUT2D eigenvalue weighted by molar-refractivity contribution is -0.140. The molecule has 4 rings (SSSR count). The van der Waals surface area contributed by atoms with Gasteiger partial charge in [0, 0.05) is 6.92 Å². The molecule has 0 spiro atoms. The highest BCUT2D eigenvalue weighted by Crippen LogP contribution is 2.31. The van der Waals surface area contributed by atoms with Gasteiger partial charge in [-0.15, -0.1) is 0 Å². The van der Waals surface area contributed by atoms with Crippen LogP contribution in [0.25, 0.3) is 6.08 Å². The Balaban J connectivity index is 1.83. The van der Waals surface area contributed by atoms with Crippen molar-refractivity contribution < 1.29 is 28.6 Å². The van der Waals surface area contributed by atoms with E-state index in [4.69, 9.17) is 14.2 Å². The summed E-state index contributed by atoms with van der Waals surface area (Å²) in [5.74, 6) is -0.942. The standard InChI is InChI=1S/C29H28N2O7S/c1-16(2)15-37-28(35)24-17(3)30-29-31(25(24)20-8-10-21(11-9-20)27(34)36-5)26(33)23(39-29)14-19-6-12-22(13-7-19)38-18(4)32/h6-14,16,25H,15H2,1-5H3. The third-order valence-corrected chi connectivity index (χ3v) is 6.86. The maximum absolute atomic E-state index is 13.7. The molecule has 2 aromatic carbocycles. The second kappa shape index (κ2) is 11.6. The summed E-state index contributed by atoms with van der Waals surface area (Å²) >= 11 is 1.20. The third-order valence-electron chi connectivity index (χ3n) is 5.88. The number of thiazole rings is 1. The Morgan fingerprint density at radius 2 is 1.72 bits per heavy atom. The van der Waals surface area contributed by atoms with Crippen LogP contribution in [0.1, 0.15) is 55.2 Å². The van der Waals surface area contributed by atoms with Crippen LogP contribution in [0.3, 0.4) is 0 Å². The summed E-state index contributed by atoms with van der Waals surface area (Å²) in [4.78, 5) is 55.2. The molecule has 1 aliphatic heterocycles. The molecule has 2 heterocycles. The molecule has 0 saturated heterocycles. The molecule has 0 bridgehead atoms. The van der Waals surface area contributed by atoms with Crippen LogP contribution in [0.2, 0.25) is 0 Å². The van der Waals surface area contributed by atoms with Gasteiger partial charge in [0.25, 0.3) is 5.56 Å². The highest BCUT2D eigenvalue weighted by atomic mass is 32.1. The molecule has 0 N–H and O–H groups in total. The Hall–Kier alpha value is -4.31. The predicted octanol–water partition coefficient (Wildman–Crippen LogP) is 3.15. The number of benzene rings is 2. The Bertz CT molecular complexity index is 1630. The molecule has 1 aromatic heterocycles. The third kappa shape index (κ3) is 6.06. The van der Waals surface area contributed by atoms with E-state index in [1.165, 1.54) is 29.9 Å². The fourth-order valence-corrected chi connectivity index (χ4v) is 5.13. The smallest absolute Gasteiger partial charge is 0.338 e. The van der Waals surface area contributed by atoms with Crippen molar-refractivity contribution in [3.05, 3.63) is 96.2 Å². The number of ether oxygens (including phenoxy) is 3. The maximum atomic E-state index is 13.7. The summed E-state index contributed by atoms with van der Waals surface area (Å²) in [5, 5.41) is 0. The summed E-state index contributed by atoms with van der Waals surface area (Å²) in [5.41, 5.74) is 2.06. The van der Waals surface area contributed by atoms with E-state index in [1.807, 2.05) is 13.8 Å². The van der Waals surface area contributed by atoms with E-state index in [0.29, 0.717) is 31.9 Å². The van der Waals surface area contributed by atoms with Crippen molar-refractivity contribution in [1.29, 1.82) is 0 Å². The zero-order valence-corrected chi connectivity index (χ0v) is 23.0. The molecule has 1 atom stereocenters. The molecule has 0 radical (unpaired) electrons. The van der Waals surface area contributed by atoms with Crippen LogP contribution in [-0.2, 0) is 19.1 Å². The number of esters is 3. The molecule has 39 heavy (non-hydrogen) atoms. The zero-order chi connectivity index (χ0) is 28.3. The van der Waals surface area contributed by atoms with Gasteiger partial charge in [-0.05, 0) is 54.3 Å². The minimum atomic E-state index is -0.805. The van der Waals surface area contributed by atoms with Gasteiger partial charge in [0.1, 0.15) is 5.75 Å². The number of allylic oxidation sites excluding steroid dienone is 1. The van der Waals surface area contributed by atoms with Gasteiger partial charge in [-0.3, -0.25) is 14.2 Å². The Morgan fingerprint density at radius 3 is 2.31 bits per heavy atom. The molecule has 1 unspecified atom stereocenters. The predicted molar refractivity (Wildman–Crippen MR) is 145 cm³/mol. The lowest BCUT2D eigenvalue weighted by atomic mass is 9.95. The summed E-state index contributed by atoms with van der Waals surface area (Å²) in [7, 11) is 1.30. The molecule has 0 fully saturated rings. The van der Waals surface area contributed by atoms with Gasteiger partial charge in [0.15, 0.2) is 4.80 Å². The summed E-state index contributed by atoms with van der Waals surface area (Å²) in [6.45, 7) is 7.13. The second-order valence-corrected chi connectivity index (χ2v) is 10.4. The maximum Gasteiger partial charge on any atom is 0.338 e. The Morgan fingerprint density at radius 1 is 1.05 bits per heavy atom. The number of hydrogen-bond donors (Lipinski definition) is 0. The largest absolute Gasteiger partial charge is 0.465 e. The highest BCUT2D eigenvalue weighted by molar-refractivity contribution is 7.07. The first-order valence-corrected chi connectivity index (χ1v) is 13.1. The van der Waals surface area contributed by atoms with Crippen LogP contribution in [-0.4, -0.2) is 36.2 Å². The van der Waals surface area contributed by atoms with Crippen LogP contribution >= 0.6 is 11.3 Å². The first kappa shape index (κ1) is 27.7. The van der Waals surface area contributed by atoms with E-state index < -0.39 is 23.9 Å². The number of carbonyl (C=O) groups is 3. The lowest BCUT2D eigenvalue weighted by Gasteiger charge is -2.25. The van der Waals surface area contributed by atoms with E-state index in [9.17, 15) is 19.2 Å². The van der Waals surface area contributed by atoms with Gasteiger partial charge in [-0.1, -0.05) is 49.4 Å². The van der Waals surface area contributed by atoms with Crippen molar-refractivity contribution >= 4 is 35.3 Å². The number of methoxy groups -OCH3 is 1. The number of carbonyl (C=O) groups excluding carboxylic acids is 3. The van der Waals surface area contributed by atoms with Crippen LogP contribution in [0.15, 0.2) is 69.6 Å². The lowest BCUT2D eigenvalue weighted by Crippen LogP contribution is -2.40. The molecular weight excluding hydrogens is 520 g/mol. The summed E-state index contributed by atoms with van der Waals surface area (Å²) in [6, 6.07) is 12.5. The van der Waals surface area contributed by atoms with E-state index >= 15 is 0 Å². The molecule has 0 amide bonds. The molecule has 202 valence electrons. The number of nitrogens with zero attached hydrogens (tertiary/aromatic N) is 2. The van der Waals surface area contributed by atoms with Gasteiger partial charge in [-0.2, -0.15) is 0 Å². The van der Waals surface area contributed by atoms with Crippen molar-refractivity contribution in [1.82, 2.24) is 4.57 Å². The van der Waals surface area contributed by atoms with Crippen molar-refractivity contribution in [3.63, 3.8) is 0 Å². The first-order chi connectivity index (χ1) is 18.6. The topological polar surface area (TPSA) is 113 Å². The number of aromatic nitrogens is 1. The molecule has 3 aromatic rings. The molecule has 0 aliphatic carbocycles. The van der Waals surface area contributed by atoms with Gasteiger partial charge in [0.2, 0.25) is 0 Å². The van der Waals surface area contributed by atoms with Crippen molar-refractivity contribution in [2.75, 3.05) is 13.7 Å². The fourth-order valence-electron chi connectivity index (χ4n) is 4.09. The monoisotopic (exact) mass is 548 g/mol. The molecule has 10 heteroatoms.